The zero-order valence-corrected chi connectivity index (χ0v) is 11.8. The van der Waals surface area contributed by atoms with Gasteiger partial charge in [-0.25, -0.2) is 9.78 Å². The van der Waals surface area contributed by atoms with E-state index in [9.17, 15) is 0 Å². The molecular formula is C17H20O2. The van der Waals surface area contributed by atoms with Crippen molar-refractivity contribution in [1.29, 1.82) is 0 Å². The lowest BCUT2D eigenvalue weighted by Crippen LogP contribution is -1.98. The normalized spacial score (nSPS) is 10.7. The predicted molar refractivity (Wildman–Crippen MR) is 76.7 cm³/mol. The van der Waals surface area contributed by atoms with Crippen molar-refractivity contribution in [3.63, 3.8) is 0 Å². The zero-order chi connectivity index (χ0) is 13.7. The summed E-state index contributed by atoms with van der Waals surface area (Å²) in [6.07, 6.45) is 0. The molecule has 0 saturated heterocycles. The second kappa shape index (κ2) is 6.50. The van der Waals surface area contributed by atoms with Crippen LogP contribution in [0.3, 0.4) is 0 Å². The van der Waals surface area contributed by atoms with E-state index in [1.54, 1.807) is 0 Å². The summed E-state index contributed by atoms with van der Waals surface area (Å²) in [7, 11) is 0. The molecule has 0 aliphatic rings. The predicted octanol–water partition coefficient (Wildman–Crippen LogP) is 4.26. The van der Waals surface area contributed by atoms with Crippen LogP contribution in [0.1, 0.15) is 27.8 Å². The van der Waals surface area contributed by atoms with Gasteiger partial charge in [-0.2, -0.15) is 0 Å². The van der Waals surface area contributed by atoms with Gasteiger partial charge in [0, 0.05) is 0 Å². The highest BCUT2D eigenvalue weighted by Gasteiger charge is 2.00. The lowest BCUT2D eigenvalue weighted by molar-refractivity contribution is -0.313. The summed E-state index contributed by atoms with van der Waals surface area (Å²) in [6.45, 7) is 7.21. The highest BCUT2D eigenvalue weighted by molar-refractivity contribution is 5.29. The Labute approximate surface area is 114 Å². The fourth-order valence-corrected chi connectivity index (χ4v) is 1.91. The summed E-state index contributed by atoms with van der Waals surface area (Å²) >= 11 is 0. The van der Waals surface area contributed by atoms with Crippen molar-refractivity contribution in [2.24, 2.45) is 0 Å². The van der Waals surface area contributed by atoms with Crippen molar-refractivity contribution >= 4 is 0 Å². The number of aryl methyl sites for hydroxylation is 3. The van der Waals surface area contributed by atoms with E-state index in [0.29, 0.717) is 13.2 Å². The molecule has 0 fully saturated rings. The molecular weight excluding hydrogens is 236 g/mol. The minimum Gasteiger partial charge on any atom is -0.232 e. The van der Waals surface area contributed by atoms with Crippen LogP contribution in [0.2, 0.25) is 0 Å². The van der Waals surface area contributed by atoms with Crippen molar-refractivity contribution < 1.29 is 9.78 Å². The molecule has 0 saturated carbocycles. The maximum Gasteiger partial charge on any atom is 0.108 e. The molecule has 19 heavy (non-hydrogen) atoms. The Bertz CT molecular complexity index is 529. The first-order valence-corrected chi connectivity index (χ1v) is 6.51. The summed E-state index contributed by atoms with van der Waals surface area (Å²) in [4.78, 5) is 10.5. The van der Waals surface area contributed by atoms with E-state index in [1.165, 1.54) is 16.7 Å². The first-order chi connectivity index (χ1) is 9.15. The zero-order valence-electron chi connectivity index (χ0n) is 11.8. The molecule has 0 N–H and O–H groups in total. The SMILES string of the molecule is Cc1ccc(COOCc2ccc(C)cc2C)cc1. The molecule has 0 aromatic heterocycles. The minimum atomic E-state index is 0.477. The summed E-state index contributed by atoms with van der Waals surface area (Å²) in [6, 6.07) is 14.6. The van der Waals surface area contributed by atoms with E-state index in [2.05, 4.69) is 63.2 Å². The lowest BCUT2D eigenvalue weighted by atomic mass is 10.1. The quantitative estimate of drug-likeness (QED) is 0.452. The van der Waals surface area contributed by atoms with E-state index < -0.39 is 0 Å². The molecule has 0 radical (unpaired) electrons. The highest BCUT2D eigenvalue weighted by Crippen LogP contribution is 2.12. The third-order valence-corrected chi connectivity index (χ3v) is 3.14. The Morgan fingerprint density at radius 2 is 1.37 bits per heavy atom. The number of hydrogen-bond donors (Lipinski definition) is 0. The van der Waals surface area contributed by atoms with Gasteiger partial charge in [-0.3, -0.25) is 0 Å². The van der Waals surface area contributed by atoms with Crippen LogP contribution in [-0.4, -0.2) is 0 Å². The van der Waals surface area contributed by atoms with Crippen molar-refractivity contribution in [2.75, 3.05) is 0 Å². The average molecular weight is 256 g/mol. The van der Waals surface area contributed by atoms with E-state index in [4.69, 9.17) is 9.78 Å². The molecule has 0 bridgehead atoms. The van der Waals surface area contributed by atoms with Crippen molar-refractivity contribution in [1.82, 2.24) is 0 Å². The standard InChI is InChI=1S/C17H20O2/c1-13-4-7-16(8-5-13)11-18-19-12-17-9-6-14(2)10-15(17)3/h4-10H,11-12H2,1-3H3. The number of benzene rings is 2. The third kappa shape index (κ3) is 4.19. The van der Waals surface area contributed by atoms with Gasteiger partial charge in [-0.05, 0) is 37.5 Å². The first-order valence-electron chi connectivity index (χ1n) is 6.51. The van der Waals surface area contributed by atoms with Gasteiger partial charge in [0.1, 0.15) is 13.2 Å². The van der Waals surface area contributed by atoms with Crippen LogP contribution in [0.15, 0.2) is 42.5 Å². The summed E-state index contributed by atoms with van der Waals surface area (Å²) < 4.78 is 0. The van der Waals surface area contributed by atoms with Gasteiger partial charge in [-0.1, -0.05) is 53.6 Å². The van der Waals surface area contributed by atoms with Crippen molar-refractivity contribution in [3.8, 4) is 0 Å². The van der Waals surface area contributed by atoms with E-state index in [-0.39, 0.29) is 0 Å². The maximum atomic E-state index is 5.27. The van der Waals surface area contributed by atoms with E-state index in [0.717, 1.165) is 11.1 Å². The average Bonchev–Trinajstić information content (AvgIpc) is 2.39. The van der Waals surface area contributed by atoms with Gasteiger partial charge < -0.3 is 0 Å². The Morgan fingerprint density at radius 1 is 0.737 bits per heavy atom. The van der Waals surface area contributed by atoms with Crippen molar-refractivity contribution in [3.05, 3.63) is 70.3 Å². The Kier molecular flexibility index (Phi) is 4.72. The molecule has 0 amide bonds. The topological polar surface area (TPSA) is 18.5 Å². The molecule has 0 aliphatic heterocycles. The summed E-state index contributed by atoms with van der Waals surface area (Å²) in [5.41, 5.74) is 6.03. The summed E-state index contributed by atoms with van der Waals surface area (Å²) in [5.74, 6) is 0. The number of rotatable bonds is 5. The Hall–Kier alpha value is -1.64. The fourth-order valence-electron chi connectivity index (χ4n) is 1.91. The molecule has 0 aliphatic carbocycles. The fraction of sp³-hybridized carbons (Fsp3) is 0.294. The molecule has 2 aromatic carbocycles. The van der Waals surface area contributed by atoms with Crippen LogP contribution in [0.5, 0.6) is 0 Å². The molecule has 2 nitrogen and oxygen atoms in total. The van der Waals surface area contributed by atoms with E-state index in [1.807, 2.05) is 0 Å². The molecule has 0 heterocycles. The molecule has 0 atom stereocenters. The molecule has 100 valence electrons. The van der Waals surface area contributed by atoms with Crippen LogP contribution in [0, 0.1) is 20.8 Å². The van der Waals surface area contributed by atoms with Gasteiger partial charge in [-0.15, -0.1) is 0 Å². The second-order valence-electron chi connectivity index (χ2n) is 4.94. The molecule has 0 spiro atoms. The Morgan fingerprint density at radius 3 is 2.05 bits per heavy atom. The van der Waals surface area contributed by atoms with Gasteiger partial charge in [0.25, 0.3) is 0 Å². The minimum absolute atomic E-state index is 0.477. The largest absolute Gasteiger partial charge is 0.232 e. The summed E-state index contributed by atoms with van der Waals surface area (Å²) in [5, 5.41) is 0. The van der Waals surface area contributed by atoms with Gasteiger partial charge >= 0.3 is 0 Å². The monoisotopic (exact) mass is 256 g/mol. The van der Waals surface area contributed by atoms with Gasteiger partial charge in [0.2, 0.25) is 0 Å². The van der Waals surface area contributed by atoms with E-state index >= 15 is 0 Å². The van der Waals surface area contributed by atoms with Crippen LogP contribution in [0.25, 0.3) is 0 Å². The van der Waals surface area contributed by atoms with Crippen LogP contribution >= 0.6 is 0 Å². The lowest BCUT2D eigenvalue weighted by Gasteiger charge is -2.08. The van der Waals surface area contributed by atoms with Crippen LogP contribution < -0.4 is 0 Å². The maximum absolute atomic E-state index is 5.27. The first kappa shape index (κ1) is 13.8. The second-order valence-corrected chi connectivity index (χ2v) is 4.94. The molecule has 2 heteroatoms. The highest BCUT2D eigenvalue weighted by atomic mass is 17.2. The third-order valence-electron chi connectivity index (χ3n) is 3.14. The Balaban J connectivity index is 1.79. The van der Waals surface area contributed by atoms with Crippen molar-refractivity contribution in [2.45, 2.75) is 34.0 Å². The van der Waals surface area contributed by atoms with Gasteiger partial charge in [0.05, 0.1) is 0 Å². The molecule has 0 unspecified atom stereocenters. The van der Waals surface area contributed by atoms with Gasteiger partial charge in [0.15, 0.2) is 0 Å². The number of hydrogen-bond acceptors (Lipinski definition) is 2. The van der Waals surface area contributed by atoms with Crippen LogP contribution in [-0.2, 0) is 23.0 Å². The van der Waals surface area contributed by atoms with Crippen LogP contribution in [0.4, 0.5) is 0 Å². The molecule has 2 rings (SSSR count). The molecule has 2 aromatic rings. The smallest absolute Gasteiger partial charge is 0.108 e.